The van der Waals surface area contributed by atoms with Crippen molar-refractivity contribution in [2.24, 2.45) is 5.73 Å². The summed E-state index contributed by atoms with van der Waals surface area (Å²) in [6.45, 7) is 2.93. The second-order valence-electron chi connectivity index (χ2n) is 12.2. The standard InChI is InChI=1S/C35H34N6O5S/c36-32(43)26-8-1-5-23-20-40(38-31(23)26)24-12-10-21(11-13-24)22-6-3-16-39(19-22)17-4-18-47-28-9-2-7-25-30(28)35(46)41(34(25)45)27-14-15-29(42)37-33(27)44/h1-2,5,7-13,20,22,27H,3-4,6,14-19H2,(H2,36,43)(H,37,42,44)/t22-,27?/m1/s1. The van der Waals surface area contributed by atoms with Crippen LogP contribution in [0.2, 0.25) is 0 Å². The van der Waals surface area contributed by atoms with Gasteiger partial charge >= 0.3 is 0 Å². The van der Waals surface area contributed by atoms with E-state index in [4.69, 9.17) is 5.73 Å². The van der Waals surface area contributed by atoms with E-state index < -0.39 is 35.6 Å². The summed E-state index contributed by atoms with van der Waals surface area (Å²) < 4.78 is 1.78. The summed E-state index contributed by atoms with van der Waals surface area (Å²) in [4.78, 5) is 66.6. The number of thioether (sulfide) groups is 1. The Labute approximate surface area is 275 Å². The molecule has 2 fully saturated rings. The van der Waals surface area contributed by atoms with Gasteiger partial charge in [-0.3, -0.25) is 34.2 Å². The second-order valence-corrected chi connectivity index (χ2v) is 13.4. The molecule has 0 saturated carbocycles. The number of imide groups is 2. The van der Waals surface area contributed by atoms with Crippen LogP contribution < -0.4 is 11.1 Å². The fourth-order valence-electron chi connectivity index (χ4n) is 6.88. The molecule has 1 aromatic heterocycles. The van der Waals surface area contributed by atoms with Crippen LogP contribution in [0.5, 0.6) is 0 Å². The topological polar surface area (TPSA) is 148 Å². The second kappa shape index (κ2) is 12.8. The molecule has 3 aromatic carbocycles. The molecule has 7 rings (SSSR count). The molecule has 1 unspecified atom stereocenters. The SMILES string of the molecule is NC(=O)c1cccc2cn(-c3ccc([C@@H]4CCCN(CCCSc5cccc6c5C(=O)N(C5CCC(=O)NC5=O)C6=O)C4)cc3)nc12. The van der Waals surface area contributed by atoms with Crippen molar-refractivity contribution in [3.8, 4) is 5.69 Å². The van der Waals surface area contributed by atoms with Gasteiger partial charge in [0.25, 0.3) is 17.7 Å². The van der Waals surface area contributed by atoms with Crippen LogP contribution in [0.4, 0.5) is 0 Å². The lowest BCUT2D eigenvalue weighted by Gasteiger charge is -2.33. The third-order valence-corrected chi connectivity index (χ3v) is 10.4. The molecule has 0 radical (unpaired) electrons. The largest absolute Gasteiger partial charge is 0.366 e. The Kier molecular flexibility index (Phi) is 8.37. The summed E-state index contributed by atoms with van der Waals surface area (Å²) in [6.07, 6.45) is 5.28. The molecule has 0 spiro atoms. The average Bonchev–Trinajstić information content (AvgIpc) is 3.62. The molecule has 2 saturated heterocycles. The molecule has 3 aliphatic rings. The predicted octanol–water partition coefficient (Wildman–Crippen LogP) is 3.89. The van der Waals surface area contributed by atoms with E-state index in [2.05, 4.69) is 39.6 Å². The summed E-state index contributed by atoms with van der Waals surface area (Å²) in [6, 6.07) is 18.1. The normalized spacial score (nSPS) is 20.1. The molecule has 0 bridgehead atoms. The van der Waals surface area contributed by atoms with E-state index in [1.165, 1.54) is 5.56 Å². The number of rotatable bonds is 9. The minimum atomic E-state index is -0.969. The van der Waals surface area contributed by atoms with Gasteiger partial charge in [-0.15, -0.1) is 11.8 Å². The number of hydrogen-bond acceptors (Lipinski definition) is 8. The van der Waals surface area contributed by atoms with E-state index in [0.717, 1.165) is 65.5 Å². The fraction of sp³-hybridized carbons (Fsp3) is 0.314. The van der Waals surface area contributed by atoms with E-state index in [1.807, 2.05) is 18.3 Å². The molecule has 3 N–H and O–H groups in total. The van der Waals surface area contributed by atoms with Crippen LogP contribution in [0, 0.1) is 0 Å². The molecule has 12 heteroatoms. The lowest BCUT2D eigenvalue weighted by atomic mass is 9.90. The highest BCUT2D eigenvalue weighted by atomic mass is 32.2. The average molecular weight is 651 g/mol. The maximum atomic E-state index is 13.4. The highest BCUT2D eigenvalue weighted by molar-refractivity contribution is 7.99. The van der Waals surface area contributed by atoms with Gasteiger partial charge in [0, 0.05) is 29.4 Å². The number of nitrogens with one attached hydrogen (secondary N) is 1. The molecule has 0 aliphatic carbocycles. The summed E-state index contributed by atoms with van der Waals surface area (Å²) in [7, 11) is 0. The van der Waals surface area contributed by atoms with Gasteiger partial charge < -0.3 is 10.6 Å². The Balaban J connectivity index is 0.946. The quantitative estimate of drug-likeness (QED) is 0.158. The molecule has 5 amide bonds. The molecule has 2 atom stereocenters. The number of piperidine rings is 2. The summed E-state index contributed by atoms with van der Waals surface area (Å²) in [5, 5.41) is 7.72. The minimum Gasteiger partial charge on any atom is -0.366 e. The number of nitrogens with zero attached hydrogens (tertiary/aromatic N) is 4. The number of nitrogens with two attached hydrogens (primary N) is 1. The zero-order valence-corrected chi connectivity index (χ0v) is 26.5. The first-order valence-corrected chi connectivity index (χ1v) is 16.9. The summed E-state index contributed by atoms with van der Waals surface area (Å²) >= 11 is 1.56. The smallest absolute Gasteiger partial charge is 0.263 e. The number of primary amides is 1. The number of amides is 5. The van der Waals surface area contributed by atoms with Gasteiger partial charge in [0.2, 0.25) is 11.8 Å². The molecular weight excluding hydrogens is 616 g/mol. The summed E-state index contributed by atoms with van der Waals surface area (Å²) in [5.41, 5.74) is 9.40. The molecule has 3 aliphatic heterocycles. The molecule has 4 heterocycles. The molecule has 47 heavy (non-hydrogen) atoms. The number of aromatic nitrogens is 2. The van der Waals surface area contributed by atoms with E-state index in [9.17, 15) is 24.0 Å². The van der Waals surface area contributed by atoms with Gasteiger partial charge in [-0.2, -0.15) is 5.10 Å². The number of carbonyl (C=O) groups excluding carboxylic acids is 5. The van der Waals surface area contributed by atoms with Crippen LogP contribution in [0.15, 0.2) is 71.8 Å². The van der Waals surface area contributed by atoms with Gasteiger partial charge in [-0.1, -0.05) is 30.3 Å². The van der Waals surface area contributed by atoms with Crippen molar-refractivity contribution in [2.45, 2.75) is 49.0 Å². The van der Waals surface area contributed by atoms with Crippen molar-refractivity contribution in [3.05, 3.63) is 89.1 Å². The Bertz CT molecular complexity index is 1920. The molecule has 4 aromatic rings. The van der Waals surface area contributed by atoms with Crippen LogP contribution in [0.3, 0.4) is 0 Å². The van der Waals surface area contributed by atoms with Crippen LogP contribution in [-0.4, -0.2) is 80.5 Å². The van der Waals surface area contributed by atoms with Crippen LogP contribution in [-0.2, 0) is 9.59 Å². The Morgan fingerprint density at radius 2 is 1.79 bits per heavy atom. The highest BCUT2D eigenvalue weighted by Crippen LogP contribution is 2.35. The molecule has 11 nitrogen and oxygen atoms in total. The maximum absolute atomic E-state index is 13.4. The first kappa shape index (κ1) is 30.8. The van der Waals surface area contributed by atoms with E-state index in [0.29, 0.717) is 28.1 Å². The number of carbonyl (C=O) groups is 5. The maximum Gasteiger partial charge on any atom is 0.263 e. The van der Waals surface area contributed by atoms with Crippen LogP contribution in [0.25, 0.3) is 16.6 Å². The number of fused-ring (bicyclic) bond motifs is 2. The number of hydrogen-bond donors (Lipinski definition) is 2. The number of likely N-dealkylation sites (tertiary alicyclic amines) is 1. The molecule has 240 valence electrons. The van der Waals surface area contributed by atoms with E-state index >= 15 is 0 Å². The predicted molar refractivity (Wildman–Crippen MR) is 176 cm³/mol. The highest BCUT2D eigenvalue weighted by Gasteiger charge is 2.45. The Hall–Kier alpha value is -4.81. The van der Waals surface area contributed by atoms with Crippen molar-refractivity contribution in [3.63, 3.8) is 0 Å². The Morgan fingerprint density at radius 3 is 2.57 bits per heavy atom. The van der Waals surface area contributed by atoms with Crippen LogP contribution in [0.1, 0.15) is 74.7 Å². The van der Waals surface area contributed by atoms with Crippen molar-refractivity contribution in [2.75, 3.05) is 25.4 Å². The third kappa shape index (κ3) is 5.94. The first-order valence-electron chi connectivity index (χ1n) is 15.9. The first-order chi connectivity index (χ1) is 22.8. The van der Waals surface area contributed by atoms with Gasteiger partial charge in [0.05, 0.1) is 22.4 Å². The number of benzene rings is 3. The zero-order chi connectivity index (χ0) is 32.7. The van der Waals surface area contributed by atoms with Crippen molar-refractivity contribution >= 4 is 52.2 Å². The monoisotopic (exact) mass is 650 g/mol. The zero-order valence-electron chi connectivity index (χ0n) is 25.7. The van der Waals surface area contributed by atoms with Crippen molar-refractivity contribution in [1.82, 2.24) is 24.9 Å². The Morgan fingerprint density at radius 1 is 0.979 bits per heavy atom. The van der Waals surface area contributed by atoms with Gasteiger partial charge in [-0.05, 0) is 86.3 Å². The van der Waals surface area contributed by atoms with Crippen molar-refractivity contribution < 1.29 is 24.0 Å². The van der Waals surface area contributed by atoms with E-state index in [1.54, 1.807) is 40.7 Å². The minimum absolute atomic E-state index is 0.0945. The lowest BCUT2D eigenvalue weighted by Crippen LogP contribution is -2.54. The van der Waals surface area contributed by atoms with Gasteiger partial charge in [-0.25, -0.2) is 4.68 Å². The summed E-state index contributed by atoms with van der Waals surface area (Å²) in [5.74, 6) is -1.24. The fourth-order valence-corrected chi connectivity index (χ4v) is 7.89. The van der Waals surface area contributed by atoms with Gasteiger partial charge in [0.15, 0.2) is 0 Å². The lowest BCUT2D eigenvalue weighted by molar-refractivity contribution is -0.136. The van der Waals surface area contributed by atoms with Crippen molar-refractivity contribution in [1.29, 1.82) is 0 Å². The van der Waals surface area contributed by atoms with E-state index in [-0.39, 0.29) is 12.8 Å². The molecular formula is C35H34N6O5S. The van der Waals surface area contributed by atoms with Gasteiger partial charge in [0.1, 0.15) is 11.6 Å². The third-order valence-electron chi connectivity index (χ3n) is 9.24. The van der Waals surface area contributed by atoms with Crippen LogP contribution >= 0.6 is 11.8 Å².